The van der Waals surface area contributed by atoms with Crippen molar-refractivity contribution in [3.8, 4) is 0 Å². The molecule has 0 aromatic carbocycles. The van der Waals surface area contributed by atoms with Crippen molar-refractivity contribution in [1.82, 2.24) is 5.32 Å². The van der Waals surface area contributed by atoms with Gasteiger partial charge in [0.15, 0.2) is 0 Å². The maximum atomic E-state index is 5.53. The van der Waals surface area contributed by atoms with Crippen LogP contribution in [0.5, 0.6) is 0 Å². The predicted molar refractivity (Wildman–Crippen MR) is 65.2 cm³/mol. The van der Waals surface area contributed by atoms with Crippen molar-refractivity contribution < 1.29 is 4.74 Å². The fourth-order valence-corrected chi connectivity index (χ4v) is 2.34. The van der Waals surface area contributed by atoms with Crippen LogP contribution in [-0.2, 0) is 4.74 Å². The molecule has 2 heteroatoms. The van der Waals surface area contributed by atoms with Crippen LogP contribution in [0.1, 0.15) is 58.8 Å². The minimum atomic E-state index is 0.362. The van der Waals surface area contributed by atoms with Gasteiger partial charge in [-0.05, 0) is 26.7 Å². The number of rotatable bonds is 5. The van der Waals surface area contributed by atoms with Crippen LogP contribution in [0.25, 0.3) is 0 Å². The molecule has 2 nitrogen and oxygen atoms in total. The van der Waals surface area contributed by atoms with Crippen molar-refractivity contribution in [1.29, 1.82) is 0 Å². The van der Waals surface area contributed by atoms with E-state index in [4.69, 9.17) is 4.74 Å². The third-order valence-corrected chi connectivity index (χ3v) is 3.25. The lowest BCUT2D eigenvalue weighted by Gasteiger charge is -2.23. The first kappa shape index (κ1) is 13.0. The topological polar surface area (TPSA) is 21.3 Å². The van der Waals surface area contributed by atoms with Gasteiger partial charge in [0.2, 0.25) is 0 Å². The minimum Gasteiger partial charge on any atom is -0.377 e. The monoisotopic (exact) mass is 213 g/mol. The van der Waals surface area contributed by atoms with Gasteiger partial charge >= 0.3 is 0 Å². The highest BCUT2D eigenvalue weighted by Gasteiger charge is 2.11. The van der Waals surface area contributed by atoms with Gasteiger partial charge in [-0.1, -0.05) is 32.1 Å². The van der Waals surface area contributed by atoms with Gasteiger partial charge in [-0.3, -0.25) is 0 Å². The molecule has 0 aromatic heterocycles. The summed E-state index contributed by atoms with van der Waals surface area (Å²) in [6.45, 7) is 6.05. The highest BCUT2D eigenvalue weighted by Crippen LogP contribution is 2.16. The molecule has 0 amide bonds. The third-order valence-electron chi connectivity index (χ3n) is 3.25. The zero-order valence-electron chi connectivity index (χ0n) is 10.4. The van der Waals surface area contributed by atoms with Crippen molar-refractivity contribution in [2.75, 3.05) is 13.2 Å². The lowest BCUT2D eigenvalue weighted by molar-refractivity contribution is 0.0731. The second-order valence-electron chi connectivity index (χ2n) is 4.72. The van der Waals surface area contributed by atoms with E-state index in [9.17, 15) is 0 Å². The molecule has 0 aliphatic heterocycles. The maximum absolute atomic E-state index is 5.53. The lowest BCUT2D eigenvalue weighted by Crippen LogP contribution is -2.36. The summed E-state index contributed by atoms with van der Waals surface area (Å²) in [7, 11) is 0. The normalized spacial score (nSPS) is 22.0. The van der Waals surface area contributed by atoms with Crippen LogP contribution in [0.15, 0.2) is 0 Å². The first-order valence-electron chi connectivity index (χ1n) is 6.68. The molecule has 1 aliphatic rings. The van der Waals surface area contributed by atoms with Gasteiger partial charge in [-0.15, -0.1) is 0 Å². The smallest absolute Gasteiger partial charge is 0.0671 e. The average Bonchev–Trinajstić information content (AvgIpc) is 2.16. The fraction of sp³-hybridized carbons (Fsp3) is 1.00. The number of hydrogen-bond donors (Lipinski definition) is 1. The van der Waals surface area contributed by atoms with Crippen molar-refractivity contribution >= 4 is 0 Å². The molecule has 1 atom stereocenters. The van der Waals surface area contributed by atoms with Crippen LogP contribution in [0, 0.1) is 0 Å². The quantitative estimate of drug-likeness (QED) is 0.757. The van der Waals surface area contributed by atoms with Crippen LogP contribution in [0.4, 0.5) is 0 Å². The fourth-order valence-electron chi connectivity index (χ4n) is 2.34. The maximum Gasteiger partial charge on any atom is 0.0671 e. The second-order valence-corrected chi connectivity index (χ2v) is 4.72. The van der Waals surface area contributed by atoms with Gasteiger partial charge in [0.05, 0.1) is 6.10 Å². The summed E-state index contributed by atoms with van der Waals surface area (Å²) < 4.78 is 5.53. The molecular formula is C13H27NO. The van der Waals surface area contributed by atoms with Crippen LogP contribution in [0.2, 0.25) is 0 Å². The Morgan fingerprint density at radius 1 is 1.13 bits per heavy atom. The molecule has 0 heterocycles. The highest BCUT2D eigenvalue weighted by molar-refractivity contribution is 4.71. The Hall–Kier alpha value is -0.0800. The van der Waals surface area contributed by atoms with Crippen LogP contribution < -0.4 is 5.32 Å². The van der Waals surface area contributed by atoms with E-state index >= 15 is 0 Å². The summed E-state index contributed by atoms with van der Waals surface area (Å²) in [4.78, 5) is 0. The van der Waals surface area contributed by atoms with E-state index in [1.54, 1.807) is 0 Å². The molecule has 1 saturated carbocycles. The van der Waals surface area contributed by atoms with E-state index in [-0.39, 0.29) is 0 Å². The van der Waals surface area contributed by atoms with Gasteiger partial charge in [0.1, 0.15) is 0 Å². The molecule has 0 saturated heterocycles. The van der Waals surface area contributed by atoms with Crippen molar-refractivity contribution in [3.63, 3.8) is 0 Å². The standard InChI is InChI=1S/C13H27NO/c1-3-15-12(2)11-14-13-9-7-5-4-6-8-10-13/h12-14H,3-11H2,1-2H3. The molecule has 0 radical (unpaired) electrons. The van der Waals surface area contributed by atoms with E-state index < -0.39 is 0 Å². The SMILES string of the molecule is CCOC(C)CNC1CCCCCCC1. The Morgan fingerprint density at radius 2 is 1.73 bits per heavy atom. The van der Waals surface area contributed by atoms with E-state index in [0.717, 1.165) is 19.2 Å². The molecule has 0 bridgehead atoms. The van der Waals surface area contributed by atoms with Crippen LogP contribution >= 0.6 is 0 Å². The van der Waals surface area contributed by atoms with Gasteiger partial charge < -0.3 is 10.1 Å². The largest absolute Gasteiger partial charge is 0.377 e. The second kappa shape index (κ2) is 8.12. The first-order chi connectivity index (χ1) is 7.33. The van der Waals surface area contributed by atoms with E-state index in [2.05, 4.69) is 19.2 Å². The zero-order valence-corrected chi connectivity index (χ0v) is 10.4. The van der Waals surface area contributed by atoms with Crippen molar-refractivity contribution in [3.05, 3.63) is 0 Å². The Morgan fingerprint density at radius 3 is 2.33 bits per heavy atom. The van der Waals surface area contributed by atoms with Gasteiger partial charge in [-0.2, -0.15) is 0 Å². The van der Waals surface area contributed by atoms with Crippen molar-refractivity contribution in [2.24, 2.45) is 0 Å². The minimum absolute atomic E-state index is 0.362. The Labute approximate surface area is 94.8 Å². The van der Waals surface area contributed by atoms with Crippen LogP contribution in [0.3, 0.4) is 0 Å². The molecule has 90 valence electrons. The molecule has 0 spiro atoms. The third kappa shape index (κ3) is 6.16. The van der Waals surface area contributed by atoms with Gasteiger partial charge in [-0.25, -0.2) is 0 Å². The molecule has 1 unspecified atom stereocenters. The van der Waals surface area contributed by atoms with Crippen molar-refractivity contribution in [2.45, 2.75) is 70.9 Å². The highest BCUT2D eigenvalue weighted by atomic mass is 16.5. The Balaban J connectivity index is 2.11. The summed E-state index contributed by atoms with van der Waals surface area (Å²) in [6.07, 6.45) is 10.2. The molecule has 0 aromatic rings. The van der Waals surface area contributed by atoms with Crippen LogP contribution in [-0.4, -0.2) is 25.3 Å². The van der Waals surface area contributed by atoms with Gasteiger partial charge in [0.25, 0.3) is 0 Å². The predicted octanol–water partition coefficient (Wildman–Crippen LogP) is 3.11. The molecule has 1 aliphatic carbocycles. The average molecular weight is 213 g/mol. The first-order valence-corrected chi connectivity index (χ1v) is 6.68. The summed E-state index contributed by atoms with van der Waals surface area (Å²) in [5, 5.41) is 3.65. The molecule has 1 rings (SSSR count). The summed E-state index contributed by atoms with van der Waals surface area (Å²) in [5.41, 5.74) is 0. The van der Waals surface area contributed by atoms with E-state index in [0.29, 0.717) is 6.10 Å². The lowest BCUT2D eigenvalue weighted by atomic mass is 9.97. The number of hydrogen-bond acceptors (Lipinski definition) is 2. The molecule has 1 N–H and O–H groups in total. The molecule has 1 fully saturated rings. The summed E-state index contributed by atoms with van der Waals surface area (Å²) in [6, 6.07) is 0.744. The molecule has 15 heavy (non-hydrogen) atoms. The number of ether oxygens (including phenoxy) is 1. The Bertz CT molecular complexity index is 141. The summed E-state index contributed by atoms with van der Waals surface area (Å²) >= 11 is 0. The molecular weight excluding hydrogens is 186 g/mol. The Kier molecular flexibility index (Phi) is 7.03. The number of nitrogens with one attached hydrogen (secondary N) is 1. The zero-order chi connectivity index (χ0) is 10.9. The summed E-state index contributed by atoms with van der Waals surface area (Å²) in [5.74, 6) is 0. The van der Waals surface area contributed by atoms with E-state index in [1.165, 1.54) is 44.9 Å². The van der Waals surface area contributed by atoms with E-state index in [1.807, 2.05) is 0 Å². The van der Waals surface area contributed by atoms with Gasteiger partial charge in [0, 0.05) is 19.2 Å².